The van der Waals surface area contributed by atoms with Gasteiger partial charge in [-0.25, -0.2) is 0 Å². The van der Waals surface area contributed by atoms with Crippen LogP contribution in [0.4, 0.5) is 6.01 Å². The third-order valence-corrected chi connectivity index (χ3v) is 3.68. The Morgan fingerprint density at radius 3 is 3.06 bits per heavy atom. The molecular weight excluding hydrogens is 252 g/mol. The molecule has 1 unspecified atom stereocenters. The molecule has 7 heteroatoms. The quantitative estimate of drug-likeness (QED) is 0.875. The average molecular weight is 264 g/mol. The Hall–Kier alpha value is -1.73. The van der Waals surface area contributed by atoms with Gasteiger partial charge in [-0.15, -0.1) is 16.4 Å². The lowest BCUT2D eigenvalue weighted by Crippen LogP contribution is -2.27. The van der Waals surface area contributed by atoms with Crippen LogP contribution in [0.15, 0.2) is 21.9 Å². The van der Waals surface area contributed by atoms with Crippen molar-refractivity contribution in [1.29, 1.82) is 0 Å². The van der Waals surface area contributed by atoms with E-state index in [1.165, 1.54) is 11.3 Å². The Labute approximate surface area is 107 Å². The van der Waals surface area contributed by atoms with E-state index in [2.05, 4.69) is 15.5 Å². The molecule has 0 radical (unpaired) electrons. The van der Waals surface area contributed by atoms with Gasteiger partial charge in [0.05, 0.1) is 0 Å². The Balaban J connectivity index is 1.66. The predicted molar refractivity (Wildman–Crippen MR) is 66.2 cm³/mol. The van der Waals surface area contributed by atoms with Gasteiger partial charge in [-0.1, -0.05) is 11.2 Å². The highest BCUT2D eigenvalue weighted by Gasteiger charge is 2.30. The summed E-state index contributed by atoms with van der Waals surface area (Å²) in [6, 6.07) is 3.08. The smallest absolute Gasteiger partial charge is 0.322 e. The maximum absolute atomic E-state index is 11.8. The number of carbonyl (C=O) groups excluding carboxylic acids is 1. The van der Waals surface area contributed by atoms with E-state index in [9.17, 15) is 4.79 Å². The summed E-state index contributed by atoms with van der Waals surface area (Å²) in [4.78, 5) is 12.6. The Bertz CT molecular complexity index is 547. The van der Waals surface area contributed by atoms with Gasteiger partial charge >= 0.3 is 6.01 Å². The predicted octanol–water partition coefficient (Wildman–Crippen LogP) is 1.65. The summed E-state index contributed by atoms with van der Waals surface area (Å²) >= 11 is 1.44. The van der Waals surface area contributed by atoms with Crippen LogP contribution in [0.3, 0.4) is 0 Å². The number of aromatic nitrogens is 2. The topological polar surface area (TPSA) is 94.0 Å². The van der Waals surface area contributed by atoms with Crippen molar-refractivity contribution in [1.82, 2.24) is 10.2 Å². The number of nitrogens with two attached hydrogens (primary N) is 1. The number of hydrogen-bond acceptors (Lipinski definition) is 6. The highest BCUT2D eigenvalue weighted by Crippen LogP contribution is 2.39. The van der Waals surface area contributed by atoms with Crippen molar-refractivity contribution < 1.29 is 9.21 Å². The van der Waals surface area contributed by atoms with Gasteiger partial charge in [0, 0.05) is 10.8 Å². The van der Waals surface area contributed by atoms with E-state index in [1.54, 1.807) is 0 Å². The van der Waals surface area contributed by atoms with Crippen LogP contribution in [-0.2, 0) is 4.79 Å². The molecule has 6 nitrogen and oxygen atoms in total. The van der Waals surface area contributed by atoms with Crippen LogP contribution in [0.1, 0.15) is 35.6 Å². The Morgan fingerprint density at radius 1 is 1.56 bits per heavy atom. The van der Waals surface area contributed by atoms with Gasteiger partial charge in [0.15, 0.2) is 0 Å². The fourth-order valence-corrected chi connectivity index (χ4v) is 2.29. The molecule has 18 heavy (non-hydrogen) atoms. The second-order valence-corrected chi connectivity index (χ2v) is 5.18. The first-order valence-corrected chi connectivity index (χ1v) is 6.55. The second kappa shape index (κ2) is 4.51. The first-order chi connectivity index (χ1) is 8.74. The molecule has 1 aliphatic carbocycles. The molecule has 0 aromatic carbocycles. The van der Waals surface area contributed by atoms with Gasteiger partial charge in [0.1, 0.15) is 6.04 Å². The van der Waals surface area contributed by atoms with Crippen LogP contribution in [0.2, 0.25) is 0 Å². The van der Waals surface area contributed by atoms with E-state index in [0.29, 0.717) is 11.8 Å². The molecule has 1 fully saturated rings. The van der Waals surface area contributed by atoms with Crippen molar-refractivity contribution in [2.24, 2.45) is 5.73 Å². The van der Waals surface area contributed by atoms with Gasteiger partial charge in [0.2, 0.25) is 11.8 Å². The summed E-state index contributed by atoms with van der Waals surface area (Å²) < 4.78 is 5.34. The zero-order valence-electron chi connectivity index (χ0n) is 9.50. The summed E-state index contributed by atoms with van der Waals surface area (Å²) in [6.07, 6.45) is 2.15. The molecule has 2 heterocycles. The molecule has 0 bridgehead atoms. The van der Waals surface area contributed by atoms with E-state index in [4.69, 9.17) is 10.2 Å². The van der Waals surface area contributed by atoms with Gasteiger partial charge in [-0.05, 0) is 24.3 Å². The number of amides is 1. The fraction of sp³-hybridized carbons (Fsp3) is 0.364. The van der Waals surface area contributed by atoms with Gasteiger partial charge in [0.25, 0.3) is 0 Å². The van der Waals surface area contributed by atoms with Crippen molar-refractivity contribution >= 4 is 23.3 Å². The number of anilines is 1. The van der Waals surface area contributed by atoms with Crippen LogP contribution in [0.5, 0.6) is 0 Å². The summed E-state index contributed by atoms with van der Waals surface area (Å²) in [7, 11) is 0. The molecule has 0 saturated heterocycles. The third kappa shape index (κ3) is 2.27. The maximum atomic E-state index is 11.8. The summed E-state index contributed by atoms with van der Waals surface area (Å²) in [5, 5.41) is 12.1. The minimum Gasteiger partial charge on any atom is -0.408 e. The van der Waals surface area contributed by atoms with Gasteiger partial charge in [-0.2, -0.15) is 0 Å². The van der Waals surface area contributed by atoms with Crippen molar-refractivity contribution in [2.75, 3.05) is 5.32 Å². The fourth-order valence-electron chi connectivity index (χ4n) is 1.56. The number of carbonyl (C=O) groups is 1. The van der Waals surface area contributed by atoms with Gasteiger partial charge in [-0.3, -0.25) is 10.1 Å². The first-order valence-electron chi connectivity index (χ1n) is 5.67. The van der Waals surface area contributed by atoms with E-state index >= 15 is 0 Å². The number of nitrogens with zero attached hydrogens (tertiary/aromatic N) is 2. The minimum atomic E-state index is -0.707. The van der Waals surface area contributed by atoms with E-state index in [1.807, 2.05) is 17.5 Å². The number of thiophene rings is 1. The Morgan fingerprint density at radius 2 is 2.39 bits per heavy atom. The number of rotatable bonds is 4. The average Bonchev–Trinajstić information content (AvgIpc) is 2.91. The molecule has 1 atom stereocenters. The molecule has 1 amide bonds. The van der Waals surface area contributed by atoms with Crippen LogP contribution < -0.4 is 11.1 Å². The molecular formula is C11H12N4O2S. The third-order valence-electron chi connectivity index (χ3n) is 2.73. The van der Waals surface area contributed by atoms with Gasteiger partial charge < -0.3 is 10.2 Å². The number of hydrogen-bond donors (Lipinski definition) is 2. The van der Waals surface area contributed by atoms with Crippen LogP contribution in [0.25, 0.3) is 0 Å². The molecule has 3 N–H and O–H groups in total. The van der Waals surface area contributed by atoms with Crippen molar-refractivity contribution in [3.8, 4) is 0 Å². The van der Waals surface area contributed by atoms with Crippen molar-refractivity contribution in [3.05, 3.63) is 28.3 Å². The van der Waals surface area contributed by atoms with Crippen LogP contribution in [0, 0.1) is 0 Å². The molecule has 1 saturated carbocycles. The molecule has 2 aromatic heterocycles. The monoisotopic (exact) mass is 264 g/mol. The highest BCUT2D eigenvalue weighted by molar-refractivity contribution is 7.10. The molecule has 2 aromatic rings. The molecule has 94 valence electrons. The zero-order valence-corrected chi connectivity index (χ0v) is 10.3. The largest absolute Gasteiger partial charge is 0.408 e. The summed E-state index contributed by atoms with van der Waals surface area (Å²) in [6.45, 7) is 0. The van der Waals surface area contributed by atoms with E-state index in [-0.39, 0.29) is 11.9 Å². The van der Waals surface area contributed by atoms with Crippen LogP contribution >= 0.6 is 11.3 Å². The second-order valence-electron chi connectivity index (χ2n) is 4.20. The zero-order chi connectivity index (χ0) is 12.5. The lowest BCUT2D eigenvalue weighted by atomic mass is 10.2. The summed E-state index contributed by atoms with van der Waals surface area (Å²) in [5.41, 5.74) is 5.82. The lowest BCUT2D eigenvalue weighted by Gasteiger charge is -2.07. The van der Waals surface area contributed by atoms with Crippen molar-refractivity contribution in [3.63, 3.8) is 0 Å². The molecule has 0 spiro atoms. The number of nitrogens with one attached hydrogen (secondary N) is 1. The van der Waals surface area contributed by atoms with Crippen molar-refractivity contribution in [2.45, 2.75) is 24.8 Å². The maximum Gasteiger partial charge on any atom is 0.322 e. The van der Waals surface area contributed by atoms with Crippen LogP contribution in [-0.4, -0.2) is 16.1 Å². The summed E-state index contributed by atoms with van der Waals surface area (Å²) in [5.74, 6) is 0.618. The standard InChI is InChI=1S/C11H12N4O2S/c12-8(7-2-1-5-18-7)9(16)13-11-15-14-10(17-11)6-3-4-6/h1-2,5-6,8H,3-4,12H2,(H,13,15,16). The highest BCUT2D eigenvalue weighted by atomic mass is 32.1. The van der Waals surface area contributed by atoms with E-state index in [0.717, 1.165) is 17.7 Å². The first kappa shape index (κ1) is 11.4. The SMILES string of the molecule is NC(C(=O)Nc1nnc(C2CC2)o1)c1cccs1. The molecule has 0 aliphatic heterocycles. The Kier molecular flexibility index (Phi) is 2.85. The lowest BCUT2D eigenvalue weighted by molar-refractivity contribution is -0.117. The van der Waals surface area contributed by atoms with E-state index < -0.39 is 6.04 Å². The molecule has 1 aliphatic rings. The molecule has 3 rings (SSSR count). The minimum absolute atomic E-state index is 0.119. The normalized spacial score (nSPS) is 16.5.